The van der Waals surface area contributed by atoms with Gasteiger partial charge in [0.15, 0.2) is 11.8 Å². The second-order valence-electron chi connectivity index (χ2n) is 4.97. The summed E-state index contributed by atoms with van der Waals surface area (Å²) >= 11 is 0. The van der Waals surface area contributed by atoms with Gasteiger partial charge >= 0.3 is 0 Å². The first-order chi connectivity index (χ1) is 10.2. The molecule has 0 amide bonds. The second-order valence-corrected chi connectivity index (χ2v) is 4.97. The Hall–Kier alpha value is -1.71. The van der Waals surface area contributed by atoms with Gasteiger partial charge in [-0.05, 0) is 17.7 Å². The molecule has 1 aromatic carbocycles. The summed E-state index contributed by atoms with van der Waals surface area (Å²) in [7, 11) is 1.99. The first kappa shape index (κ1) is 16.7. The SMILES string of the molecule is CN1CCN=C1NCc1ncn(Cc2cccc(F)c2)n1.I. The van der Waals surface area contributed by atoms with Crippen LogP contribution in [0.25, 0.3) is 0 Å². The fraction of sp³-hybridized carbons (Fsp3) is 0.357. The Morgan fingerprint density at radius 1 is 1.36 bits per heavy atom. The lowest BCUT2D eigenvalue weighted by Crippen LogP contribution is -2.35. The van der Waals surface area contributed by atoms with Crippen molar-refractivity contribution >= 4 is 29.9 Å². The molecule has 1 N–H and O–H groups in total. The molecule has 0 fully saturated rings. The van der Waals surface area contributed by atoms with E-state index in [9.17, 15) is 4.39 Å². The fourth-order valence-corrected chi connectivity index (χ4v) is 2.19. The van der Waals surface area contributed by atoms with E-state index in [2.05, 4.69) is 25.3 Å². The van der Waals surface area contributed by atoms with Crippen LogP contribution >= 0.6 is 24.0 Å². The van der Waals surface area contributed by atoms with Crippen molar-refractivity contribution < 1.29 is 4.39 Å². The topological polar surface area (TPSA) is 58.3 Å². The molecule has 6 nitrogen and oxygen atoms in total. The minimum Gasteiger partial charge on any atom is -0.349 e. The molecule has 0 spiro atoms. The van der Waals surface area contributed by atoms with Crippen molar-refractivity contribution in [3.63, 3.8) is 0 Å². The molecular formula is C14H18FIN6. The highest BCUT2D eigenvalue weighted by Gasteiger charge is 2.12. The van der Waals surface area contributed by atoms with Crippen LogP contribution in [-0.2, 0) is 13.1 Å². The molecule has 1 aliphatic rings. The molecule has 1 aromatic heterocycles. The van der Waals surface area contributed by atoms with E-state index in [-0.39, 0.29) is 29.8 Å². The molecule has 0 saturated heterocycles. The third kappa shape index (κ3) is 4.15. The molecule has 1 aliphatic heterocycles. The van der Waals surface area contributed by atoms with Crippen molar-refractivity contribution in [3.8, 4) is 0 Å². The highest BCUT2D eigenvalue weighted by molar-refractivity contribution is 14.0. The van der Waals surface area contributed by atoms with E-state index >= 15 is 0 Å². The van der Waals surface area contributed by atoms with Crippen LogP contribution < -0.4 is 5.32 Å². The Balaban J connectivity index is 0.00000176. The molecule has 0 saturated carbocycles. The fourth-order valence-electron chi connectivity index (χ4n) is 2.19. The Morgan fingerprint density at radius 3 is 2.95 bits per heavy atom. The molecule has 0 atom stereocenters. The number of hydrogen-bond donors (Lipinski definition) is 1. The van der Waals surface area contributed by atoms with Gasteiger partial charge < -0.3 is 10.2 Å². The molecule has 22 heavy (non-hydrogen) atoms. The van der Waals surface area contributed by atoms with Gasteiger partial charge in [0.1, 0.15) is 12.1 Å². The van der Waals surface area contributed by atoms with Gasteiger partial charge in [-0.15, -0.1) is 24.0 Å². The predicted octanol–water partition coefficient (Wildman–Crippen LogP) is 1.47. The smallest absolute Gasteiger partial charge is 0.194 e. The molecule has 3 rings (SSSR count). The van der Waals surface area contributed by atoms with Crippen LogP contribution in [0.3, 0.4) is 0 Å². The van der Waals surface area contributed by atoms with E-state index in [1.54, 1.807) is 17.1 Å². The zero-order valence-electron chi connectivity index (χ0n) is 12.2. The number of aliphatic imine (C=N–C) groups is 1. The lowest BCUT2D eigenvalue weighted by Gasteiger charge is -2.13. The van der Waals surface area contributed by atoms with Gasteiger partial charge in [0.2, 0.25) is 0 Å². The lowest BCUT2D eigenvalue weighted by atomic mass is 10.2. The number of guanidine groups is 1. The maximum absolute atomic E-state index is 13.1. The maximum atomic E-state index is 13.1. The van der Waals surface area contributed by atoms with E-state index in [0.29, 0.717) is 18.9 Å². The van der Waals surface area contributed by atoms with Crippen LogP contribution in [0.1, 0.15) is 11.4 Å². The highest BCUT2D eigenvalue weighted by atomic mass is 127. The van der Waals surface area contributed by atoms with Gasteiger partial charge in [-0.3, -0.25) is 4.99 Å². The van der Waals surface area contributed by atoms with Crippen molar-refractivity contribution in [3.05, 3.63) is 47.8 Å². The van der Waals surface area contributed by atoms with Crippen molar-refractivity contribution in [2.75, 3.05) is 20.1 Å². The third-order valence-corrected chi connectivity index (χ3v) is 3.28. The van der Waals surface area contributed by atoms with Gasteiger partial charge in [0.05, 0.1) is 19.6 Å². The first-order valence-electron chi connectivity index (χ1n) is 6.83. The lowest BCUT2D eigenvalue weighted by molar-refractivity contribution is 0.531. The van der Waals surface area contributed by atoms with Crippen molar-refractivity contribution in [2.45, 2.75) is 13.1 Å². The average Bonchev–Trinajstić information content (AvgIpc) is 3.06. The summed E-state index contributed by atoms with van der Waals surface area (Å²) < 4.78 is 14.8. The predicted molar refractivity (Wildman–Crippen MR) is 92.7 cm³/mol. The maximum Gasteiger partial charge on any atom is 0.194 e. The van der Waals surface area contributed by atoms with Crippen molar-refractivity contribution in [1.29, 1.82) is 0 Å². The van der Waals surface area contributed by atoms with Crippen LogP contribution in [0.5, 0.6) is 0 Å². The molecule has 0 aliphatic carbocycles. The van der Waals surface area contributed by atoms with E-state index < -0.39 is 0 Å². The number of hydrogen-bond acceptors (Lipinski definition) is 5. The van der Waals surface area contributed by atoms with Crippen LogP contribution in [0, 0.1) is 5.82 Å². The molecule has 0 bridgehead atoms. The second kappa shape index (κ2) is 7.52. The standard InChI is InChI=1S/C14H17FN6.HI/c1-20-6-5-16-14(20)17-8-13-18-10-21(19-13)9-11-3-2-4-12(15)7-11;/h2-4,7,10H,5-6,8-9H2,1H3,(H,16,17);1H. The summed E-state index contributed by atoms with van der Waals surface area (Å²) in [5, 5.41) is 7.58. The summed E-state index contributed by atoms with van der Waals surface area (Å²) in [5.74, 6) is 1.32. The Bertz CT molecular complexity index is 656. The quantitative estimate of drug-likeness (QED) is 0.768. The third-order valence-electron chi connectivity index (χ3n) is 3.28. The number of rotatable bonds is 4. The largest absolute Gasteiger partial charge is 0.349 e. The number of nitrogens with zero attached hydrogens (tertiary/aromatic N) is 5. The van der Waals surface area contributed by atoms with Gasteiger partial charge in [-0.1, -0.05) is 12.1 Å². The molecular weight excluding hydrogens is 398 g/mol. The molecule has 0 unspecified atom stereocenters. The molecule has 2 heterocycles. The Labute approximate surface area is 145 Å². The van der Waals surface area contributed by atoms with Crippen LogP contribution in [0.2, 0.25) is 0 Å². The van der Waals surface area contributed by atoms with Crippen LogP contribution in [0.4, 0.5) is 4.39 Å². The van der Waals surface area contributed by atoms with E-state index in [1.165, 1.54) is 12.1 Å². The minimum atomic E-state index is -0.239. The molecule has 2 aromatic rings. The summed E-state index contributed by atoms with van der Waals surface area (Å²) in [6.45, 7) is 2.79. The molecule has 118 valence electrons. The average molecular weight is 416 g/mol. The normalized spacial score (nSPS) is 13.7. The zero-order chi connectivity index (χ0) is 14.7. The molecule has 8 heteroatoms. The van der Waals surface area contributed by atoms with Crippen molar-refractivity contribution in [1.82, 2.24) is 25.0 Å². The molecule has 0 radical (unpaired) electrons. The summed E-state index contributed by atoms with van der Waals surface area (Å²) in [5.41, 5.74) is 0.860. The number of likely N-dealkylation sites (N-methyl/N-ethyl adjacent to an activating group) is 1. The van der Waals surface area contributed by atoms with E-state index in [1.807, 2.05) is 13.1 Å². The van der Waals surface area contributed by atoms with Gasteiger partial charge in [0.25, 0.3) is 0 Å². The Morgan fingerprint density at radius 2 is 2.23 bits per heavy atom. The van der Waals surface area contributed by atoms with Crippen LogP contribution in [0.15, 0.2) is 35.6 Å². The van der Waals surface area contributed by atoms with E-state index in [4.69, 9.17) is 0 Å². The summed E-state index contributed by atoms with van der Waals surface area (Å²) in [6.07, 6.45) is 1.65. The number of halogens is 2. The number of nitrogens with one attached hydrogen (secondary N) is 1. The van der Waals surface area contributed by atoms with Gasteiger partial charge in [-0.25, -0.2) is 14.1 Å². The first-order valence-corrected chi connectivity index (χ1v) is 6.83. The van der Waals surface area contributed by atoms with Crippen molar-refractivity contribution in [2.24, 2.45) is 4.99 Å². The summed E-state index contributed by atoms with van der Waals surface area (Å²) in [6, 6.07) is 6.49. The summed E-state index contributed by atoms with van der Waals surface area (Å²) in [4.78, 5) is 10.6. The zero-order valence-corrected chi connectivity index (χ0v) is 14.6. The highest BCUT2D eigenvalue weighted by Crippen LogP contribution is 2.05. The monoisotopic (exact) mass is 416 g/mol. The van der Waals surface area contributed by atoms with Crippen LogP contribution in [-0.4, -0.2) is 45.8 Å². The Kier molecular flexibility index (Phi) is 5.69. The number of benzene rings is 1. The van der Waals surface area contributed by atoms with E-state index in [0.717, 1.165) is 24.6 Å². The number of aromatic nitrogens is 3. The van der Waals surface area contributed by atoms with Gasteiger partial charge in [-0.2, -0.15) is 5.10 Å². The minimum absolute atomic E-state index is 0. The van der Waals surface area contributed by atoms with Gasteiger partial charge in [0, 0.05) is 13.6 Å².